The fourth-order valence-corrected chi connectivity index (χ4v) is 2.73. The number of hydrogen-bond donors (Lipinski definition) is 2. The molecule has 0 amide bonds. The average molecular weight is 388 g/mol. The monoisotopic (exact) mass is 388 g/mol. The van der Waals surface area contributed by atoms with Crippen molar-refractivity contribution < 1.29 is 32.9 Å². The third-order valence-electron chi connectivity index (χ3n) is 4.11. The predicted molar refractivity (Wildman–Crippen MR) is 96.3 cm³/mol. The van der Waals surface area contributed by atoms with E-state index in [-0.39, 0.29) is 23.7 Å². The zero-order valence-electron chi connectivity index (χ0n) is 14.4. The molecule has 0 aromatic heterocycles. The molecular formula is C21H15F3O4. The van der Waals surface area contributed by atoms with Crippen LogP contribution in [-0.2, 0) is 12.8 Å². The first-order valence-electron chi connectivity index (χ1n) is 8.20. The minimum absolute atomic E-state index is 0.00106. The van der Waals surface area contributed by atoms with Crippen molar-refractivity contribution in [3.63, 3.8) is 0 Å². The van der Waals surface area contributed by atoms with Crippen molar-refractivity contribution in [1.29, 1.82) is 0 Å². The van der Waals surface area contributed by atoms with Gasteiger partial charge in [0.15, 0.2) is 0 Å². The quantitative estimate of drug-likeness (QED) is 0.618. The van der Waals surface area contributed by atoms with Crippen molar-refractivity contribution >= 4 is 5.97 Å². The number of halogens is 3. The lowest BCUT2D eigenvalue weighted by molar-refractivity contribution is -0.137. The highest BCUT2D eigenvalue weighted by Crippen LogP contribution is 2.32. The van der Waals surface area contributed by atoms with Crippen LogP contribution in [0, 0.1) is 0 Å². The van der Waals surface area contributed by atoms with Gasteiger partial charge in [-0.3, -0.25) is 0 Å². The number of hydrogen-bond acceptors (Lipinski definition) is 3. The van der Waals surface area contributed by atoms with Gasteiger partial charge in [-0.05, 0) is 47.0 Å². The molecule has 0 saturated heterocycles. The summed E-state index contributed by atoms with van der Waals surface area (Å²) in [6.45, 7) is -0.00106. The number of benzene rings is 3. The Balaban J connectivity index is 1.86. The Kier molecular flexibility index (Phi) is 5.26. The van der Waals surface area contributed by atoms with Gasteiger partial charge in [-0.2, -0.15) is 13.2 Å². The van der Waals surface area contributed by atoms with Crippen LogP contribution in [0.25, 0.3) is 11.1 Å². The maximum absolute atomic E-state index is 12.8. The van der Waals surface area contributed by atoms with Crippen LogP contribution in [0.3, 0.4) is 0 Å². The van der Waals surface area contributed by atoms with E-state index in [9.17, 15) is 23.1 Å². The lowest BCUT2D eigenvalue weighted by Gasteiger charge is -2.13. The number of alkyl halides is 3. The number of ether oxygens (including phenoxy) is 1. The highest BCUT2D eigenvalue weighted by Gasteiger charge is 2.30. The van der Waals surface area contributed by atoms with E-state index in [1.165, 1.54) is 24.3 Å². The second kappa shape index (κ2) is 7.64. The normalized spacial score (nSPS) is 11.2. The number of phenols is 1. The van der Waals surface area contributed by atoms with Crippen LogP contribution in [0.1, 0.15) is 21.5 Å². The zero-order chi connectivity index (χ0) is 20.3. The van der Waals surface area contributed by atoms with Gasteiger partial charge in [0.05, 0.1) is 5.56 Å². The van der Waals surface area contributed by atoms with Gasteiger partial charge in [0.2, 0.25) is 0 Å². The van der Waals surface area contributed by atoms with E-state index in [1.54, 1.807) is 30.3 Å². The summed E-state index contributed by atoms with van der Waals surface area (Å²) >= 11 is 0. The molecule has 3 aromatic rings. The van der Waals surface area contributed by atoms with E-state index < -0.39 is 17.7 Å². The average Bonchev–Trinajstić information content (AvgIpc) is 2.66. The first-order valence-corrected chi connectivity index (χ1v) is 8.20. The number of carbonyl (C=O) groups is 1. The molecule has 0 saturated carbocycles. The van der Waals surface area contributed by atoms with Crippen molar-refractivity contribution in [2.24, 2.45) is 0 Å². The minimum Gasteiger partial charge on any atom is -0.507 e. The highest BCUT2D eigenvalue weighted by molar-refractivity contribution is 5.91. The molecule has 0 radical (unpaired) electrons. The molecule has 0 aliphatic rings. The van der Waals surface area contributed by atoms with Crippen molar-refractivity contribution in [2.45, 2.75) is 12.8 Å². The fourth-order valence-electron chi connectivity index (χ4n) is 2.73. The van der Waals surface area contributed by atoms with Crippen molar-refractivity contribution in [3.05, 3.63) is 83.4 Å². The summed E-state index contributed by atoms with van der Waals surface area (Å²) in [6.07, 6.45) is -4.46. The Bertz CT molecular complexity index is 1010. The molecule has 3 rings (SSSR count). The van der Waals surface area contributed by atoms with Crippen molar-refractivity contribution in [1.82, 2.24) is 0 Å². The SMILES string of the molecule is O=C(O)c1ccc(-c2ccccc2COc2cccc(C(F)(F)F)c2)cc1O. The Morgan fingerprint density at radius 1 is 0.964 bits per heavy atom. The molecule has 28 heavy (non-hydrogen) atoms. The van der Waals surface area contributed by atoms with Gasteiger partial charge < -0.3 is 14.9 Å². The molecule has 144 valence electrons. The summed E-state index contributed by atoms with van der Waals surface area (Å²) in [6, 6.07) is 15.8. The first-order chi connectivity index (χ1) is 13.3. The van der Waals surface area contributed by atoms with Gasteiger partial charge in [-0.15, -0.1) is 0 Å². The number of carboxylic acids is 1. The molecule has 3 aromatic carbocycles. The lowest BCUT2D eigenvalue weighted by Crippen LogP contribution is -2.05. The van der Waals surface area contributed by atoms with Crippen LogP contribution in [0.2, 0.25) is 0 Å². The Hall–Kier alpha value is -3.48. The largest absolute Gasteiger partial charge is 0.507 e. The summed E-state index contributed by atoms with van der Waals surface area (Å²) in [5.41, 5.74) is 0.878. The molecule has 7 heteroatoms. The van der Waals surface area contributed by atoms with Crippen LogP contribution < -0.4 is 4.74 Å². The third kappa shape index (κ3) is 4.25. The van der Waals surface area contributed by atoms with E-state index in [0.29, 0.717) is 16.7 Å². The van der Waals surface area contributed by atoms with Gasteiger partial charge in [0, 0.05) is 0 Å². The molecular weight excluding hydrogens is 373 g/mol. The maximum Gasteiger partial charge on any atom is 0.416 e. The number of aromatic hydroxyl groups is 1. The highest BCUT2D eigenvalue weighted by atomic mass is 19.4. The first kappa shape index (κ1) is 19.3. The molecule has 0 spiro atoms. The van der Waals surface area contributed by atoms with E-state index in [0.717, 1.165) is 12.1 Å². The zero-order valence-corrected chi connectivity index (χ0v) is 14.4. The van der Waals surface area contributed by atoms with Crippen LogP contribution in [0.4, 0.5) is 13.2 Å². The van der Waals surface area contributed by atoms with Crippen molar-refractivity contribution in [2.75, 3.05) is 0 Å². The molecule has 4 nitrogen and oxygen atoms in total. The van der Waals surface area contributed by atoms with E-state index in [4.69, 9.17) is 9.84 Å². The standard InChI is InChI=1S/C21H15F3O4/c22-21(23,24)15-5-3-6-16(11-15)28-12-14-4-1-2-7-17(14)13-8-9-18(20(26)27)19(25)10-13/h1-11,25H,12H2,(H,26,27). The molecule has 2 N–H and O–H groups in total. The van der Waals surface area contributed by atoms with Crippen LogP contribution in [-0.4, -0.2) is 16.2 Å². The molecule has 0 fully saturated rings. The molecule has 0 aliphatic heterocycles. The van der Waals surface area contributed by atoms with E-state index >= 15 is 0 Å². The number of aromatic carboxylic acids is 1. The topological polar surface area (TPSA) is 66.8 Å². The van der Waals surface area contributed by atoms with Crippen molar-refractivity contribution in [3.8, 4) is 22.6 Å². The number of carboxylic acid groups (broad SMARTS) is 1. The maximum atomic E-state index is 12.8. The third-order valence-corrected chi connectivity index (χ3v) is 4.11. The van der Waals surface area contributed by atoms with Crippen LogP contribution in [0.5, 0.6) is 11.5 Å². The second-order valence-electron chi connectivity index (χ2n) is 6.01. The Labute approximate surface area is 158 Å². The van der Waals surface area contributed by atoms with Gasteiger partial charge in [-0.25, -0.2) is 4.79 Å². The van der Waals surface area contributed by atoms with E-state index in [2.05, 4.69) is 0 Å². The molecule has 0 heterocycles. The Morgan fingerprint density at radius 3 is 2.39 bits per heavy atom. The lowest BCUT2D eigenvalue weighted by atomic mass is 9.98. The molecule has 0 bridgehead atoms. The molecule has 0 unspecified atom stereocenters. The smallest absolute Gasteiger partial charge is 0.416 e. The molecule has 0 aliphatic carbocycles. The summed E-state index contributed by atoms with van der Waals surface area (Å²) in [4.78, 5) is 11.0. The van der Waals surface area contributed by atoms with Gasteiger partial charge in [0.1, 0.15) is 23.7 Å². The number of rotatable bonds is 5. The van der Waals surface area contributed by atoms with Gasteiger partial charge in [-0.1, -0.05) is 36.4 Å². The fraction of sp³-hybridized carbons (Fsp3) is 0.0952. The minimum atomic E-state index is -4.46. The molecule has 0 atom stereocenters. The van der Waals surface area contributed by atoms with Crippen LogP contribution >= 0.6 is 0 Å². The van der Waals surface area contributed by atoms with Gasteiger partial charge in [0.25, 0.3) is 0 Å². The van der Waals surface area contributed by atoms with E-state index in [1.807, 2.05) is 0 Å². The summed E-state index contributed by atoms with van der Waals surface area (Å²) < 4.78 is 44.0. The van der Waals surface area contributed by atoms with Gasteiger partial charge >= 0.3 is 12.1 Å². The predicted octanol–water partition coefficient (Wildman–Crippen LogP) is 5.36. The van der Waals surface area contributed by atoms with Crippen LogP contribution in [0.15, 0.2) is 66.7 Å². The summed E-state index contributed by atoms with van der Waals surface area (Å²) in [5.74, 6) is -1.54. The summed E-state index contributed by atoms with van der Waals surface area (Å²) in [5, 5.41) is 18.9. The summed E-state index contributed by atoms with van der Waals surface area (Å²) in [7, 11) is 0. The second-order valence-corrected chi connectivity index (χ2v) is 6.01. The Morgan fingerprint density at radius 2 is 1.71 bits per heavy atom.